The monoisotopic (exact) mass is 322 g/mol. The van der Waals surface area contributed by atoms with E-state index in [2.05, 4.69) is 22.3 Å². The molecule has 3 aromatic rings. The van der Waals surface area contributed by atoms with Crippen molar-refractivity contribution in [2.24, 2.45) is 0 Å². The zero-order valence-electron chi connectivity index (χ0n) is 14.1. The first-order valence-electron chi connectivity index (χ1n) is 8.39. The minimum Gasteiger partial charge on any atom is -0.351 e. The number of rotatable bonds is 6. The molecule has 0 radical (unpaired) electrons. The Labute approximate surface area is 141 Å². The Balaban J connectivity index is 1.96. The van der Waals surface area contributed by atoms with Crippen molar-refractivity contribution in [1.29, 1.82) is 0 Å². The van der Waals surface area contributed by atoms with Crippen LogP contribution in [-0.4, -0.2) is 27.2 Å². The van der Waals surface area contributed by atoms with E-state index < -0.39 is 0 Å². The second kappa shape index (κ2) is 7.25. The standard InChI is InChI=1S/C19H22N4O/c1-3-4-7-11-20-19(24)17-13-18(23-12-10-14(2)22-23)15-8-5-6-9-16(15)21-17/h5-6,8-10,12-13H,3-4,7,11H2,1-2H3,(H,20,24). The first-order chi connectivity index (χ1) is 11.7. The van der Waals surface area contributed by atoms with E-state index in [0.717, 1.165) is 41.5 Å². The number of carbonyl (C=O) groups excluding carboxylic acids is 1. The Morgan fingerprint density at radius 2 is 2.04 bits per heavy atom. The molecule has 1 amide bonds. The second-order valence-electron chi connectivity index (χ2n) is 5.91. The molecule has 0 spiro atoms. The molecule has 1 N–H and O–H groups in total. The maximum absolute atomic E-state index is 12.4. The maximum atomic E-state index is 12.4. The number of unbranched alkanes of at least 4 members (excludes halogenated alkanes) is 2. The lowest BCUT2D eigenvalue weighted by Gasteiger charge is -2.10. The molecule has 1 aromatic carbocycles. The minimum absolute atomic E-state index is 0.137. The van der Waals surface area contributed by atoms with Crippen molar-refractivity contribution in [3.63, 3.8) is 0 Å². The number of aromatic nitrogens is 3. The molecule has 5 nitrogen and oxygen atoms in total. The van der Waals surface area contributed by atoms with Crippen LogP contribution in [0.1, 0.15) is 42.4 Å². The van der Waals surface area contributed by atoms with Crippen molar-refractivity contribution in [1.82, 2.24) is 20.1 Å². The van der Waals surface area contributed by atoms with Gasteiger partial charge in [0.2, 0.25) is 0 Å². The Morgan fingerprint density at radius 1 is 1.21 bits per heavy atom. The Bertz CT molecular complexity index is 853. The third kappa shape index (κ3) is 3.45. The molecule has 5 heteroatoms. The van der Waals surface area contributed by atoms with E-state index in [1.54, 1.807) is 4.68 Å². The van der Waals surface area contributed by atoms with Gasteiger partial charge in [-0.1, -0.05) is 38.0 Å². The molecule has 3 rings (SSSR count). The molecule has 0 aliphatic carbocycles. The molecule has 0 bridgehead atoms. The molecule has 0 aliphatic rings. The summed E-state index contributed by atoms with van der Waals surface area (Å²) in [5.41, 5.74) is 3.02. The van der Waals surface area contributed by atoms with Crippen LogP contribution in [0.15, 0.2) is 42.6 Å². The quantitative estimate of drug-likeness (QED) is 0.705. The Hall–Kier alpha value is -2.69. The van der Waals surface area contributed by atoms with E-state index >= 15 is 0 Å². The first-order valence-corrected chi connectivity index (χ1v) is 8.39. The Kier molecular flexibility index (Phi) is 4.89. The van der Waals surface area contributed by atoms with Crippen molar-refractivity contribution < 1.29 is 4.79 Å². The summed E-state index contributed by atoms with van der Waals surface area (Å²) in [6, 6.07) is 11.6. The first kappa shape index (κ1) is 16.2. The summed E-state index contributed by atoms with van der Waals surface area (Å²) in [6.07, 6.45) is 5.14. The summed E-state index contributed by atoms with van der Waals surface area (Å²) >= 11 is 0. The molecule has 24 heavy (non-hydrogen) atoms. The van der Waals surface area contributed by atoms with Crippen LogP contribution in [0.4, 0.5) is 0 Å². The smallest absolute Gasteiger partial charge is 0.269 e. The van der Waals surface area contributed by atoms with E-state index in [9.17, 15) is 4.79 Å². The molecular formula is C19H22N4O. The highest BCUT2D eigenvalue weighted by Crippen LogP contribution is 2.22. The molecular weight excluding hydrogens is 300 g/mol. The van der Waals surface area contributed by atoms with Gasteiger partial charge >= 0.3 is 0 Å². The van der Waals surface area contributed by atoms with Crippen LogP contribution < -0.4 is 5.32 Å². The number of aryl methyl sites for hydroxylation is 1. The van der Waals surface area contributed by atoms with Gasteiger partial charge in [0.05, 0.1) is 16.9 Å². The highest BCUT2D eigenvalue weighted by atomic mass is 16.1. The maximum Gasteiger partial charge on any atom is 0.269 e. The van der Waals surface area contributed by atoms with Crippen LogP contribution >= 0.6 is 0 Å². The normalized spacial score (nSPS) is 10.9. The lowest BCUT2D eigenvalue weighted by molar-refractivity contribution is 0.0948. The number of para-hydroxylation sites is 1. The number of amides is 1. The van der Waals surface area contributed by atoms with Crippen LogP contribution in [0.2, 0.25) is 0 Å². The van der Waals surface area contributed by atoms with Gasteiger partial charge in [-0.3, -0.25) is 4.79 Å². The largest absolute Gasteiger partial charge is 0.351 e. The van der Waals surface area contributed by atoms with Gasteiger partial charge in [0.25, 0.3) is 5.91 Å². The number of hydrogen-bond donors (Lipinski definition) is 1. The van der Waals surface area contributed by atoms with Crippen LogP contribution in [0, 0.1) is 6.92 Å². The predicted molar refractivity (Wildman–Crippen MR) is 95.5 cm³/mol. The highest BCUT2D eigenvalue weighted by molar-refractivity contribution is 5.97. The second-order valence-corrected chi connectivity index (χ2v) is 5.91. The summed E-state index contributed by atoms with van der Waals surface area (Å²) in [5.74, 6) is -0.137. The number of nitrogens with zero attached hydrogens (tertiary/aromatic N) is 3. The number of fused-ring (bicyclic) bond motifs is 1. The van der Waals surface area contributed by atoms with Gasteiger partial charge in [-0.15, -0.1) is 0 Å². The van der Waals surface area contributed by atoms with Crippen molar-refractivity contribution in [2.45, 2.75) is 33.1 Å². The van der Waals surface area contributed by atoms with E-state index in [1.807, 2.05) is 49.5 Å². The summed E-state index contributed by atoms with van der Waals surface area (Å²) in [7, 11) is 0. The van der Waals surface area contributed by atoms with Gasteiger partial charge in [-0.2, -0.15) is 5.10 Å². The van der Waals surface area contributed by atoms with E-state index in [0.29, 0.717) is 12.2 Å². The highest BCUT2D eigenvalue weighted by Gasteiger charge is 2.13. The summed E-state index contributed by atoms with van der Waals surface area (Å²) in [6.45, 7) is 4.77. The molecule has 0 saturated heterocycles. The molecule has 2 aromatic heterocycles. The van der Waals surface area contributed by atoms with Gasteiger partial charge in [0.1, 0.15) is 5.69 Å². The average Bonchev–Trinajstić information content (AvgIpc) is 3.04. The van der Waals surface area contributed by atoms with E-state index in [4.69, 9.17) is 0 Å². The van der Waals surface area contributed by atoms with Crippen LogP contribution in [-0.2, 0) is 0 Å². The topological polar surface area (TPSA) is 59.8 Å². The van der Waals surface area contributed by atoms with Crippen molar-refractivity contribution in [2.75, 3.05) is 6.54 Å². The van der Waals surface area contributed by atoms with Crippen LogP contribution in [0.25, 0.3) is 16.6 Å². The molecule has 0 saturated carbocycles. The molecule has 0 unspecified atom stereocenters. The fourth-order valence-electron chi connectivity index (χ4n) is 2.68. The van der Waals surface area contributed by atoms with Crippen molar-refractivity contribution in [3.8, 4) is 5.69 Å². The van der Waals surface area contributed by atoms with E-state index in [-0.39, 0.29) is 5.91 Å². The van der Waals surface area contributed by atoms with Crippen LogP contribution in [0.3, 0.4) is 0 Å². The summed E-state index contributed by atoms with van der Waals surface area (Å²) in [5, 5.41) is 8.40. The minimum atomic E-state index is -0.137. The number of nitrogens with one attached hydrogen (secondary N) is 1. The van der Waals surface area contributed by atoms with Gasteiger partial charge in [-0.05, 0) is 31.5 Å². The molecule has 0 atom stereocenters. The third-order valence-electron chi connectivity index (χ3n) is 3.96. The molecule has 0 fully saturated rings. The number of hydrogen-bond acceptors (Lipinski definition) is 3. The number of benzene rings is 1. The average molecular weight is 322 g/mol. The number of pyridine rings is 1. The lowest BCUT2D eigenvalue weighted by atomic mass is 10.1. The van der Waals surface area contributed by atoms with Gasteiger partial charge in [0.15, 0.2) is 0 Å². The zero-order valence-corrected chi connectivity index (χ0v) is 14.1. The molecule has 0 aliphatic heterocycles. The van der Waals surface area contributed by atoms with E-state index in [1.165, 1.54) is 0 Å². The SMILES string of the molecule is CCCCCNC(=O)c1cc(-n2ccc(C)n2)c2ccccc2n1. The zero-order chi connectivity index (χ0) is 16.9. The summed E-state index contributed by atoms with van der Waals surface area (Å²) < 4.78 is 1.80. The number of carbonyl (C=O) groups is 1. The lowest BCUT2D eigenvalue weighted by Crippen LogP contribution is -2.25. The predicted octanol–water partition coefficient (Wildman–Crippen LogP) is 3.65. The third-order valence-corrected chi connectivity index (χ3v) is 3.96. The fourth-order valence-corrected chi connectivity index (χ4v) is 2.68. The summed E-state index contributed by atoms with van der Waals surface area (Å²) in [4.78, 5) is 17.0. The van der Waals surface area contributed by atoms with Gasteiger partial charge in [0, 0.05) is 18.1 Å². The van der Waals surface area contributed by atoms with Gasteiger partial charge < -0.3 is 5.32 Å². The van der Waals surface area contributed by atoms with Crippen molar-refractivity contribution >= 4 is 16.8 Å². The fraction of sp³-hybridized carbons (Fsp3) is 0.316. The molecule has 124 valence electrons. The molecule has 2 heterocycles. The Morgan fingerprint density at radius 3 is 2.79 bits per heavy atom. The van der Waals surface area contributed by atoms with Crippen molar-refractivity contribution in [3.05, 3.63) is 54.0 Å². The van der Waals surface area contributed by atoms with Gasteiger partial charge in [-0.25, -0.2) is 9.67 Å². The van der Waals surface area contributed by atoms with Crippen LogP contribution in [0.5, 0.6) is 0 Å².